The molecule has 0 bridgehead atoms. The maximum absolute atomic E-state index is 12.8. The number of nitro groups is 2. The van der Waals surface area contributed by atoms with E-state index in [1.54, 1.807) is 6.92 Å². The lowest BCUT2D eigenvalue weighted by Crippen LogP contribution is -2.66. The van der Waals surface area contributed by atoms with Gasteiger partial charge in [-0.25, -0.2) is 0 Å². The largest absolute Gasteiger partial charge is 0.419 e. The number of amides is 1. The van der Waals surface area contributed by atoms with E-state index >= 15 is 0 Å². The molecule has 1 aromatic rings. The molecule has 1 N–H and O–H groups in total. The summed E-state index contributed by atoms with van der Waals surface area (Å²) in [4.78, 5) is 45.8. The number of hydrogen-bond donors (Lipinski definition) is 1. The van der Waals surface area contributed by atoms with Crippen molar-refractivity contribution in [3.05, 3.63) is 38.4 Å². The Morgan fingerprint density at radius 3 is 2.31 bits per heavy atom. The minimum absolute atomic E-state index is 0.148. The second-order valence-corrected chi connectivity index (χ2v) is 11.2. The molecule has 0 spiro atoms. The van der Waals surface area contributed by atoms with Crippen LogP contribution >= 0.6 is 0 Å². The summed E-state index contributed by atoms with van der Waals surface area (Å²) in [6.07, 6.45) is 0. The number of esters is 1. The quantitative estimate of drug-likeness (QED) is 0.146. The molecule has 11 nitrogen and oxygen atoms in total. The topological polar surface area (TPSA) is 151 Å². The first-order valence-electron chi connectivity index (χ1n) is 10.1. The molecule has 32 heavy (non-hydrogen) atoms. The molecule has 0 aliphatic carbocycles. The summed E-state index contributed by atoms with van der Waals surface area (Å²) in [5, 5.41) is 24.9. The Morgan fingerprint density at radius 1 is 1.22 bits per heavy atom. The summed E-state index contributed by atoms with van der Waals surface area (Å²) in [5.41, 5.74) is -1.44. The summed E-state index contributed by atoms with van der Waals surface area (Å²) in [6.45, 7) is 12.0. The van der Waals surface area contributed by atoms with Gasteiger partial charge in [-0.3, -0.25) is 29.8 Å². The number of carbonyl (C=O) groups is 2. The first-order valence-corrected chi connectivity index (χ1v) is 12.5. The summed E-state index contributed by atoms with van der Waals surface area (Å²) >= 11 is 0. The monoisotopic (exact) mass is 466 g/mol. The number of nitrogens with zero attached hydrogens (tertiary/aromatic N) is 2. The SMILES string of the molecule is C[C@@H](C(=O)Oc1ccc([N+](=O)[O-])cc1[N+](=O)[O-])[C@H]1NC(=O)[C@H]1[C@@H](CO[Si](C)C)C(C)(C)C. The highest BCUT2D eigenvalue weighted by molar-refractivity contribution is 6.48. The molecule has 1 aromatic carbocycles. The Kier molecular flexibility index (Phi) is 7.73. The van der Waals surface area contributed by atoms with E-state index in [1.165, 1.54) is 0 Å². The lowest BCUT2D eigenvalue weighted by atomic mass is 9.65. The van der Waals surface area contributed by atoms with Gasteiger partial charge in [0.05, 0.1) is 33.8 Å². The van der Waals surface area contributed by atoms with Crippen molar-refractivity contribution >= 4 is 32.3 Å². The van der Waals surface area contributed by atoms with Gasteiger partial charge in [-0.1, -0.05) is 20.8 Å². The number of hydrogen-bond acceptors (Lipinski definition) is 8. The zero-order valence-electron chi connectivity index (χ0n) is 18.9. The number of ether oxygens (including phenoxy) is 1. The molecule has 0 unspecified atom stereocenters. The molecule has 1 fully saturated rings. The van der Waals surface area contributed by atoms with Gasteiger partial charge < -0.3 is 14.5 Å². The molecule has 0 saturated carbocycles. The predicted molar refractivity (Wildman–Crippen MR) is 116 cm³/mol. The third kappa shape index (κ3) is 5.68. The van der Waals surface area contributed by atoms with Crippen LogP contribution in [0.4, 0.5) is 11.4 Å². The van der Waals surface area contributed by atoms with E-state index in [0.717, 1.165) is 18.2 Å². The smallest absolute Gasteiger partial charge is 0.318 e. The number of non-ortho nitro benzene ring substituents is 1. The highest BCUT2D eigenvalue weighted by atomic mass is 28.3. The van der Waals surface area contributed by atoms with Crippen LogP contribution in [-0.2, 0) is 14.0 Å². The van der Waals surface area contributed by atoms with E-state index in [4.69, 9.17) is 9.16 Å². The van der Waals surface area contributed by atoms with Gasteiger partial charge >= 0.3 is 11.7 Å². The van der Waals surface area contributed by atoms with Crippen LogP contribution in [0.1, 0.15) is 27.7 Å². The minimum Gasteiger partial charge on any atom is -0.419 e. The molecule has 0 aromatic heterocycles. The average Bonchev–Trinajstić information content (AvgIpc) is 2.67. The molecule has 4 atom stereocenters. The fourth-order valence-electron chi connectivity index (χ4n) is 3.63. The molecule has 1 heterocycles. The molecular formula is C20H28N3O8Si. The lowest BCUT2D eigenvalue weighted by Gasteiger charge is -2.48. The van der Waals surface area contributed by atoms with Gasteiger partial charge in [0.2, 0.25) is 20.7 Å². The summed E-state index contributed by atoms with van der Waals surface area (Å²) in [7, 11) is -0.975. The standard InChI is InChI=1S/C20H28N3O8Si/c1-11(17-16(18(24)21-17)13(20(2,3)4)10-30-32(5)6)19(25)31-15-8-7-12(22(26)27)9-14(15)23(28)29/h7-9,11,13,16-17H,10H2,1-6H3,(H,21,24)/t11-,13-,16+,17-/m1/s1. The van der Waals surface area contributed by atoms with Crippen molar-refractivity contribution in [3.8, 4) is 5.75 Å². The van der Waals surface area contributed by atoms with E-state index in [-0.39, 0.29) is 23.0 Å². The number of β-lactam (4-membered cyclic amide) rings is 1. The van der Waals surface area contributed by atoms with Gasteiger partial charge in [-0.15, -0.1) is 0 Å². The number of nitrogens with one attached hydrogen (secondary N) is 1. The van der Waals surface area contributed by atoms with E-state index < -0.39 is 54.1 Å². The number of nitro benzene ring substituents is 2. The maximum Gasteiger partial charge on any atom is 0.318 e. The summed E-state index contributed by atoms with van der Waals surface area (Å²) in [5.74, 6) is -2.78. The Hall–Kier alpha value is -2.86. The van der Waals surface area contributed by atoms with Crippen molar-refractivity contribution in [1.29, 1.82) is 0 Å². The normalized spacial score (nSPS) is 20.2. The van der Waals surface area contributed by atoms with Gasteiger partial charge in [0.1, 0.15) is 0 Å². The van der Waals surface area contributed by atoms with Crippen molar-refractivity contribution < 1.29 is 28.6 Å². The lowest BCUT2D eigenvalue weighted by molar-refractivity contribution is -0.394. The van der Waals surface area contributed by atoms with E-state index in [2.05, 4.69) is 5.32 Å². The Labute approximate surface area is 187 Å². The molecule has 1 radical (unpaired) electrons. The highest BCUT2D eigenvalue weighted by Gasteiger charge is 2.52. The Bertz CT molecular complexity index is 915. The second kappa shape index (κ2) is 9.73. The zero-order valence-corrected chi connectivity index (χ0v) is 19.9. The first-order chi connectivity index (χ1) is 14.7. The van der Waals surface area contributed by atoms with Crippen molar-refractivity contribution in [3.63, 3.8) is 0 Å². The number of benzene rings is 1. The predicted octanol–water partition coefficient (Wildman–Crippen LogP) is 3.09. The van der Waals surface area contributed by atoms with Crippen LogP contribution in [-0.4, -0.2) is 43.4 Å². The summed E-state index contributed by atoms with van der Waals surface area (Å²) < 4.78 is 11.1. The molecule has 175 valence electrons. The van der Waals surface area contributed by atoms with Crippen LogP contribution in [0.5, 0.6) is 5.75 Å². The molecule has 12 heteroatoms. The van der Waals surface area contributed by atoms with Crippen LogP contribution in [0.15, 0.2) is 18.2 Å². The van der Waals surface area contributed by atoms with Crippen molar-refractivity contribution in [2.75, 3.05) is 6.61 Å². The Balaban J connectivity index is 2.22. The van der Waals surface area contributed by atoms with Crippen LogP contribution in [0.3, 0.4) is 0 Å². The van der Waals surface area contributed by atoms with Gasteiger partial charge in [-0.05, 0) is 37.4 Å². The zero-order chi connectivity index (χ0) is 24.4. The summed E-state index contributed by atoms with van der Waals surface area (Å²) in [6, 6.07) is 2.26. The molecule has 1 aliphatic rings. The molecule has 2 rings (SSSR count). The third-order valence-electron chi connectivity index (χ3n) is 5.57. The fraction of sp³-hybridized carbons (Fsp3) is 0.600. The minimum atomic E-state index is -0.975. The third-order valence-corrected chi connectivity index (χ3v) is 6.31. The van der Waals surface area contributed by atoms with Crippen LogP contribution < -0.4 is 10.1 Å². The van der Waals surface area contributed by atoms with E-state index in [1.807, 2.05) is 33.9 Å². The fourth-order valence-corrected chi connectivity index (χ4v) is 4.14. The van der Waals surface area contributed by atoms with E-state index in [9.17, 15) is 29.8 Å². The van der Waals surface area contributed by atoms with Gasteiger partial charge in [0.15, 0.2) is 0 Å². The highest BCUT2D eigenvalue weighted by Crippen LogP contribution is 2.40. The van der Waals surface area contributed by atoms with Crippen LogP contribution in [0, 0.1) is 43.4 Å². The molecule has 1 saturated heterocycles. The second-order valence-electron chi connectivity index (χ2n) is 9.13. The van der Waals surface area contributed by atoms with Crippen LogP contribution in [0.2, 0.25) is 13.1 Å². The van der Waals surface area contributed by atoms with Crippen molar-refractivity contribution in [2.24, 2.45) is 23.2 Å². The van der Waals surface area contributed by atoms with Crippen LogP contribution in [0.25, 0.3) is 0 Å². The number of carbonyl (C=O) groups excluding carboxylic acids is 2. The van der Waals surface area contributed by atoms with Crippen molar-refractivity contribution in [2.45, 2.75) is 46.8 Å². The molecule has 1 amide bonds. The van der Waals surface area contributed by atoms with E-state index in [0.29, 0.717) is 6.61 Å². The number of rotatable bonds is 9. The van der Waals surface area contributed by atoms with Gasteiger partial charge in [-0.2, -0.15) is 0 Å². The average molecular weight is 467 g/mol. The van der Waals surface area contributed by atoms with Crippen molar-refractivity contribution in [1.82, 2.24) is 5.32 Å². The van der Waals surface area contributed by atoms with Gasteiger partial charge in [0.25, 0.3) is 5.69 Å². The molecule has 1 aliphatic heterocycles. The maximum atomic E-state index is 12.8. The Morgan fingerprint density at radius 2 is 1.84 bits per heavy atom. The van der Waals surface area contributed by atoms with Gasteiger partial charge in [0, 0.05) is 12.7 Å². The molecular weight excluding hydrogens is 438 g/mol. The first kappa shape index (κ1) is 25.4.